The van der Waals surface area contributed by atoms with Crippen LogP contribution in [0.2, 0.25) is 0 Å². The molecule has 0 aliphatic heterocycles. The molecule has 0 aliphatic rings. The van der Waals surface area contributed by atoms with E-state index < -0.39 is 0 Å². The summed E-state index contributed by atoms with van der Waals surface area (Å²) in [5.41, 5.74) is 1.73. The minimum atomic E-state index is -0.0733. The highest BCUT2D eigenvalue weighted by molar-refractivity contribution is 5.93. The van der Waals surface area contributed by atoms with Gasteiger partial charge in [0.05, 0.1) is 6.54 Å². The standard InChI is InChI=1S/C17H28N4O/c1-6-19-17(21-13(4)12(2)3)20-11-14-7-9-15(10-8-14)16(22)18-5/h7-10,12-13H,6,11H2,1-5H3,(H,18,22)(H2,19,20,21). The van der Waals surface area contributed by atoms with Gasteiger partial charge in [-0.2, -0.15) is 0 Å². The van der Waals surface area contributed by atoms with Crippen LogP contribution in [0.1, 0.15) is 43.6 Å². The topological polar surface area (TPSA) is 65.5 Å². The number of carbonyl (C=O) groups is 1. The molecule has 0 aliphatic carbocycles. The van der Waals surface area contributed by atoms with E-state index in [1.807, 2.05) is 24.3 Å². The Morgan fingerprint density at radius 2 is 1.82 bits per heavy atom. The Kier molecular flexibility index (Phi) is 7.43. The van der Waals surface area contributed by atoms with Crippen molar-refractivity contribution in [2.24, 2.45) is 10.9 Å². The van der Waals surface area contributed by atoms with E-state index in [4.69, 9.17) is 0 Å². The first-order chi connectivity index (χ1) is 10.5. The summed E-state index contributed by atoms with van der Waals surface area (Å²) in [5.74, 6) is 1.28. The van der Waals surface area contributed by atoms with Crippen molar-refractivity contribution in [2.45, 2.75) is 40.3 Å². The summed E-state index contributed by atoms with van der Waals surface area (Å²) < 4.78 is 0. The first kappa shape index (κ1) is 18.0. The fourth-order valence-electron chi connectivity index (χ4n) is 1.78. The van der Waals surface area contributed by atoms with Gasteiger partial charge in [0.2, 0.25) is 0 Å². The average Bonchev–Trinajstić information content (AvgIpc) is 2.52. The summed E-state index contributed by atoms with van der Waals surface area (Å²) in [7, 11) is 1.63. The van der Waals surface area contributed by atoms with Crippen LogP contribution in [0.3, 0.4) is 0 Å². The highest BCUT2D eigenvalue weighted by atomic mass is 16.1. The number of rotatable bonds is 6. The van der Waals surface area contributed by atoms with Crippen LogP contribution in [0.4, 0.5) is 0 Å². The Bertz CT molecular complexity index is 494. The van der Waals surface area contributed by atoms with Crippen LogP contribution in [-0.2, 0) is 6.54 Å². The number of carbonyl (C=O) groups excluding carboxylic acids is 1. The maximum atomic E-state index is 11.5. The molecule has 22 heavy (non-hydrogen) atoms. The van der Waals surface area contributed by atoms with Crippen LogP contribution < -0.4 is 16.0 Å². The molecule has 1 unspecified atom stereocenters. The SMILES string of the molecule is CCNC(=NCc1ccc(C(=O)NC)cc1)NC(C)C(C)C. The van der Waals surface area contributed by atoms with Gasteiger partial charge in [-0.1, -0.05) is 26.0 Å². The highest BCUT2D eigenvalue weighted by Crippen LogP contribution is 2.06. The van der Waals surface area contributed by atoms with Gasteiger partial charge in [0.15, 0.2) is 5.96 Å². The van der Waals surface area contributed by atoms with Gasteiger partial charge < -0.3 is 16.0 Å². The molecule has 0 aromatic heterocycles. The van der Waals surface area contributed by atoms with Crippen LogP contribution in [0, 0.1) is 5.92 Å². The number of hydrogen-bond donors (Lipinski definition) is 3. The van der Waals surface area contributed by atoms with Gasteiger partial charge in [0.1, 0.15) is 0 Å². The van der Waals surface area contributed by atoms with Crippen molar-refractivity contribution in [3.8, 4) is 0 Å². The molecule has 5 nitrogen and oxygen atoms in total. The summed E-state index contributed by atoms with van der Waals surface area (Å²) in [4.78, 5) is 16.1. The van der Waals surface area contributed by atoms with Crippen molar-refractivity contribution in [1.29, 1.82) is 0 Å². The number of hydrogen-bond acceptors (Lipinski definition) is 2. The third-order valence-corrected chi connectivity index (χ3v) is 3.57. The van der Waals surface area contributed by atoms with Crippen LogP contribution in [0.5, 0.6) is 0 Å². The van der Waals surface area contributed by atoms with Crippen molar-refractivity contribution in [3.63, 3.8) is 0 Å². The number of guanidine groups is 1. The van der Waals surface area contributed by atoms with Crippen molar-refractivity contribution < 1.29 is 4.79 Å². The maximum absolute atomic E-state index is 11.5. The Balaban J connectivity index is 2.71. The quantitative estimate of drug-likeness (QED) is 0.557. The molecular formula is C17H28N4O. The fourth-order valence-corrected chi connectivity index (χ4v) is 1.78. The van der Waals surface area contributed by atoms with E-state index in [2.05, 4.69) is 48.6 Å². The normalized spacial score (nSPS) is 12.9. The Morgan fingerprint density at radius 1 is 1.18 bits per heavy atom. The Morgan fingerprint density at radius 3 is 2.32 bits per heavy atom. The van der Waals surface area contributed by atoms with Crippen LogP contribution >= 0.6 is 0 Å². The molecule has 5 heteroatoms. The highest BCUT2D eigenvalue weighted by Gasteiger charge is 2.08. The lowest BCUT2D eigenvalue weighted by atomic mass is 10.1. The molecule has 1 rings (SSSR count). The van der Waals surface area contributed by atoms with Crippen molar-refractivity contribution in [1.82, 2.24) is 16.0 Å². The largest absolute Gasteiger partial charge is 0.357 e. The molecule has 122 valence electrons. The minimum Gasteiger partial charge on any atom is -0.357 e. The van der Waals surface area contributed by atoms with Gasteiger partial charge in [-0.15, -0.1) is 0 Å². The molecule has 1 amide bonds. The van der Waals surface area contributed by atoms with E-state index in [1.165, 1.54) is 0 Å². The van der Waals surface area contributed by atoms with E-state index in [1.54, 1.807) is 7.05 Å². The molecule has 3 N–H and O–H groups in total. The zero-order valence-corrected chi connectivity index (χ0v) is 14.2. The summed E-state index contributed by atoms with van der Waals surface area (Å²) >= 11 is 0. The average molecular weight is 304 g/mol. The summed E-state index contributed by atoms with van der Waals surface area (Å²) in [6.45, 7) is 9.96. The summed E-state index contributed by atoms with van der Waals surface area (Å²) in [6.07, 6.45) is 0. The lowest BCUT2D eigenvalue weighted by molar-refractivity contribution is 0.0963. The molecule has 0 bridgehead atoms. The zero-order chi connectivity index (χ0) is 16.5. The van der Waals surface area contributed by atoms with Gasteiger partial charge in [-0.3, -0.25) is 4.79 Å². The first-order valence-corrected chi connectivity index (χ1v) is 7.83. The van der Waals surface area contributed by atoms with Crippen molar-refractivity contribution >= 4 is 11.9 Å². The molecular weight excluding hydrogens is 276 g/mol. The molecule has 0 saturated carbocycles. The maximum Gasteiger partial charge on any atom is 0.251 e. The lowest BCUT2D eigenvalue weighted by Gasteiger charge is -2.20. The van der Waals surface area contributed by atoms with E-state index in [-0.39, 0.29) is 5.91 Å². The molecule has 0 radical (unpaired) electrons. The van der Waals surface area contributed by atoms with Crippen molar-refractivity contribution in [2.75, 3.05) is 13.6 Å². The van der Waals surface area contributed by atoms with E-state index in [9.17, 15) is 4.79 Å². The second-order valence-electron chi connectivity index (χ2n) is 5.65. The van der Waals surface area contributed by atoms with E-state index >= 15 is 0 Å². The minimum absolute atomic E-state index is 0.0733. The molecule has 0 saturated heterocycles. The van der Waals surface area contributed by atoms with Crippen LogP contribution in [0.25, 0.3) is 0 Å². The Labute approximate surface area is 133 Å². The summed E-state index contributed by atoms with van der Waals surface area (Å²) in [6, 6.07) is 7.86. The molecule has 1 aromatic carbocycles. The second kappa shape index (κ2) is 9.07. The number of benzene rings is 1. The number of nitrogens with one attached hydrogen (secondary N) is 3. The molecule has 0 fully saturated rings. The van der Waals surface area contributed by atoms with Gasteiger partial charge >= 0.3 is 0 Å². The third kappa shape index (κ3) is 5.76. The number of nitrogens with zero attached hydrogens (tertiary/aromatic N) is 1. The fraction of sp³-hybridized carbons (Fsp3) is 0.529. The summed E-state index contributed by atoms with van der Waals surface area (Å²) in [5, 5.41) is 9.27. The molecule has 0 heterocycles. The Hall–Kier alpha value is -2.04. The van der Waals surface area contributed by atoms with Gasteiger partial charge in [0, 0.05) is 25.2 Å². The molecule has 1 aromatic rings. The third-order valence-electron chi connectivity index (χ3n) is 3.57. The monoisotopic (exact) mass is 304 g/mol. The smallest absolute Gasteiger partial charge is 0.251 e. The number of aliphatic imine (C=N–C) groups is 1. The molecule has 0 spiro atoms. The predicted octanol–water partition coefficient (Wildman–Crippen LogP) is 2.15. The van der Waals surface area contributed by atoms with E-state index in [0.29, 0.717) is 24.1 Å². The zero-order valence-electron chi connectivity index (χ0n) is 14.2. The number of amides is 1. The second-order valence-corrected chi connectivity index (χ2v) is 5.65. The van der Waals surface area contributed by atoms with Crippen molar-refractivity contribution in [3.05, 3.63) is 35.4 Å². The van der Waals surface area contributed by atoms with Gasteiger partial charge in [0.25, 0.3) is 5.91 Å². The van der Waals surface area contributed by atoms with Crippen LogP contribution in [0.15, 0.2) is 29.3 Å². The van der Waals surface area contributed by atoms with Crippen LogP contribution in [-0.4, -0.2) is 31.5 Å². The van der Waals surface area contributed by atoms with Gasteiger partial charge in [-0.25, -0.2) is 4.99 Å². The van der Waals surface area contributed by atoms with E-state index in [0.717, 1.165) is 18.1 Å². The molecule has 1 atom stereocenters. The predicted molar refractivity (Wildman–Crippen MR) is 92.1 cm³/mol. The lowest BCUT2D eigenvalue weighted by Crippen LogP contribution is -2.44. The first-order valence-electron chi connectivity index (χ1n) is 7.83. The van der Waals surface area contributed by atoms with Gasteiger partial charge in [-0.05, 0) is 37.5 Å².